The van der Waals surface area contributed by atoms with E-state index in [0.717, 1.165) is 5.56 Å². The van der Waals surface area contributed by atoms with Crippen LogP contribution in [0.25, 0.3) is 22.2 Å². The van der Waals surface area contributed by atoms with Crippen molar-refractivity contribution in [1.82, 2.24) is 10.2 Å². The molecular weight excluding hydrogens is 353 g/mol. The van der Waals surface area contributed by atoms with Crippen molar-refractivity contribution in [2.45, 2.75) is 4.90 Å². The maximum Gasteiger partial charge on any atom is 0.290 e. The van der Waals surface area contributed by atoms with Gasteiger partial charge in [-0.25, -0.2) is 0 Å². The lowest BCUT2D eigenvalue weighted by Crippen LogP contribution is -2.22. The molecule has 4 rings (SSSR count). The van der Waals surface area contributed by atoms with Crippen molar-refractivity contribution in [2.24, 2.45) is 0 Å². The van der Waals surface area contributed by atoms with Gasteiger partial charge in [-0.2, -0.15) is 13.5 Å². The van der Waals surface area contributed by atoms with Crippen molar-refractivity contribution in [1.29, 1.82) is 0 Å². The number of hydrogen-bond donors (Lipinski definition) is 1. The minimum atomic E-state index is -4.29. The lowest BCUT2D eigenvalue weighted by atomic mass is 10.1. The SMILES string of the molecule is O=S(=O)(c1ccccc1)N(F)c1ccc2[nH]nc(-c3ccccc3)c2c1. The van der Waals surface area contributed by atoms with Crippen molar-refractivity contribution in [3.63, 3.8) is 0 Å². The van der Waals surface area contributed by atoms with Gasteiger partial charge in [-0.15, -0.1) is 0 Å². The van der Waals surface area contributed by atoms with Gasteiger partial charge in [-0.1, -0.05) is 57.5 Å². The minimum absolute atomic E-state index is 0.0834. The fraction of sp³-hybridized carbons (Fsp3) is 0. The van der Waals surface area contributed by atoms with Gasteiger partial charge in [-0.3, -0.25) is 5.10 Å². The predicted molar refractivity (Wildman–Crippen MR) is 98.7 cm³/mol. The predicted octanol–water partition coefficient (Wildman–Crippen LogP) is 4.31. The van der Waals surface area contributed by atoms with Gasteiger partial charge in [0.2, 0.25) is 0 Å². The smallest absolute Gasteiger partial charge is 0.277 e. The van der Waals surface area contributed by atoms with Gasteiger partial charge in [0.25, 0.3) is 10.0 Å². The van der Waals surface area contributed by atoms with E-state index in [9.17, 15) is 12.9 Å². The lowest BCUT2D eigenvalue weighted by Gasteiger charge is -2.14. The van der Waals surface area contributed by atoms with Crippen LogP contribution in [0.15, 0.2) is 83.8 Å². The molecule has 7 heteroatoms. The largest absolute Gasteiger partial charge is 0.290 e. The summed E-state index contributed by atoms with van der Waals surface area (Å²) in [5, 5.41) is 7.79. The van der Waals surface area contributed by atoms with Crippen LogP contribution in [0.3, 0.4) is 0 Å². The summed E-state index contributed by atoms with van der Waals surface area (Å²) in [7, 11) is -4.29. The number of sulfonamides is 1. The molecule has 0 fully saturated rings. The minimum Gasteiger partial charge on any atom is -0.277 e. The number of halogens is 1. The first-order valence-corrected chi connectivity index (χ1v) is 9.31. The van der Waals surface area contributed by atoms with Crippen LogP contribution in [0.2, 0.25) is 0 Å². The molecule has 0 atom stereocenters. The Morgan fingerprint density at radius 2 is 1.54 bits per heavy atom. The van der Waals surface area contributed by atoms with E-state index in [1.165, 1.54) is 24.3 Å². The van der Waals surface area contributed by atoms with Gasteiger partial charge >= 0.3 is 0 Å². The van der Waals surface area contributed by atoms with Crippen LogP contribution in [-0.4, -0.2) is 18.6 Å². The third-order valence-electron chi connectivity index (χ3n) is 4.05. The molecule has 0 aliphatic carbocycles. The summed E-state index contributed by atoms with van der Waals surface area (Å²) in [6.45, 7) is 0. The normalized spacial score (nSPS) is 11.6. The monoisotopic (exact) mass is 367 g/mol. The number of H-pyrrole nitrogens is 1. The number of benzene rings is 3. The summed E-state index contributed by atoms with van der Waals surface area (Å²) in [6.07, 6.45) is 0. The standard InChI is InChI=1S/C19H14FN3O2S/c20-23(26(24,25)16-9-5-2-6-10-16)15-11-12-18-17(13-15)19(22-21-18)14-7-3-1-4-8-14/h1-13H,(H,21,22). The molecule has 0 saturated carbocycles. The van der Waals surface area contributed by atoms with Crippen molar-refractivity contribution in [3.05, 3.63) is 78.9 Å². The van der Waals surface area contributed by atoms with Gasteiger partial charge in [0.1, 0.15) is 0 Å². The van der Waals surface area contributed by atoms with E-state index >= 15 is 0 Å². The molecule has 0 radical (unpaired) electrons. The number of rotatable bonds is 4. The fourth-order valence-corrected chi connectivity index (χ4v) is 3.83. The molecule has 130 valence electrons. The summed E-state index contributed by atoms with van der Waals surface area (Å²) < 4.78 is 39.6. The Bertz CT molecular complexity index is 1160. The molecule has 3 aromatic carbocycles. The maximum absolute atomic E-state index is 14.8. The van der Waals surface area contributed by atoms with Gasteiger partial charge in [0.15, 0.2) is 0 Å². The number of nitrogens with one attached hydrogen (secondary N) is 1. The second-order valence-corrected chi connectivity index (χ2v) is 7.44. The zero-order chi connectivity index (χ0) is 18.1. The topological polar surface area (TPSA) is 66.1 Å². The number of aromatic nitrogens is 2. The second-order valence-electron chi connectivity index (χ2n) is 5.70. The Labute approximate surface area is 149 Å². The Morgan fingerprint density at radius 3 is 2.23 bits per heavy atom. The summed E-state index contributed by atoms with van der Waals surface area (Å²) in [6, 6.07) is 21.4. The van der Waals surface area contributed by atoms with E-state index in [0.29, 0.717) is 16.6 Å². The first kappa shape index (κ1) is 16.3. The summed E-state index contributed by atoms with van der Waals surface area (Å²) in [5.74, 6) is 0. The van der Waals surface area contributed by atoms with Crippen molar-refractivity contribution in [3.8, 4) is 11.3 Å². The van der Waals surface area contributed by atoms with Crippen LogP contribution < -0.4 is 4.53 Å². The average Bonchev–Trinajstić information content (AvgIpc) is 3.12. The highest BCUT2D eigenvalue weighted by Crippen LogP contribution is 2.31. The molecule has 0 unspecified atom stereocenters. The fourth-order valence-electron chi connectivity index (χ4n) is 2.75. The lowest BCUT2D eigenvalue weighted by molar-refractivity contribution is 0.495. The molecule has 26 heavy (non-hydrogen) atoms. The first-order valence-electron chi connectivity index (χ1n) is 7.87. The first-order chi connectivity index (χ1) is 12.6. The molecule has 0 saturated heterocycles. The van der Waals surface area contributed by atoms with Crippen LogP contribution in [0.4, 0.5) is 10.2 Å². The third kappa shape index (κ3) is 2.72. The number of anilines is 1. The van der Waals surface area contributed by atoms with Crippen molar-refractivity contribution in [2.75, 3.05) is 4.53 Å². The van der Waals surface area contributed by atoms with Crippen LogP contribution in [0, 0.1) is 0 Å². The third-order valence-corrected chi connectivity index (χ3v) is 5.55. The summed E-state index contributed by atoms with van der Waals surface area (Å²) in [5.41, 5.74) is 2.10. The second kappa shape index (κ2) is 6.27. The van der Waals surface area contributed by atoms with E-state index in [4.69, 9.17) is 0 Å². The van der Waals surface area contributed by atoms with Gasteiger partial charge in [0.05, 0.1) is 21.8 Å². The molecule has 0 amide bonds. The van der Waals surface area contributed by atoms with E-state index in [1.54, 1.807) is 24.3 Å². The molecule has 0 aliphatic heterocycles. The highest BCUT2D eigenvalue weighted by atomic mass is 32.2. The van der Waals surface area contributed by atoms with Crippen LogP contribution in [0.5, 0.6) is 0 Å². The zero-order valence-electron chi connectivity index (χ0n) is 13.5. The molecule has 0 aliphatic rings. The van der Waals surface area contributed by atoms with Crippen molar-refractivity contribution >= 4 is 26.6 Å². The van der Waals surface area contributed by atoms with Gasteiger partial charge in [-0.05, 0) is 30.3 Å². The Balaban J connectivity index is 1.80. The Kier molecular flexibility index (Phi) is 3.93. The van der Waals surface area contributed by atoms with Crippen LogP contribution >= 0.6 is 0 Å². The van der Waals surface area contributed by atoms with Crippen LogP contribution in [-0.2, 0) is 10.0 Å². The highest BCUT2D eigenvalue weighted by molar-refractivity contribution is 7.92. The Hall–Kier alpha value is -3.19. The average molecular weight is 367 g/mol. The number of aromatic amines is 1. The molecule has 1 N–H and O–H groups in total. The highest BCUT2D eigenvalue weighted by Gasteiger charge is 2.25. The zero-order valence-corrected chi connectivity index (χ0v) is 14.3. The van der Waals surface area contributed by atoms with Crippen molar-refractivity contribution < 1.29 is 12.9 Å². The molecule has 1 aromatic heterocycles. The van der Waals surface area contributed by atoms with E-state index in [2.05, 4.69) is 10.2 Å². The number of hydrogen-bond acceptors (Lipinski definition) is 3. The molecule has 4 aromatic rings. The molecule has 5 nitrogen and oxygen atoms in total. The van der Waals surface area contributed by atoms with Gasteiger partial charge in [0, 0.05) is 10.9 Å². The molecule has 1 heterocycles. The van der Waals surface area contributed by atoms with E-state index in [1.807, 2.05) is 30.3 Å². The summed E-state index contributed by atoms with van der Waals surface area (Å²) in [4.78, 5) is -0.113. The van der Waals surface area contributed by atoms with E-state index < -0.39 is 10.0 Å². The van der Waals surface area contributed by atoms with Crippen LogP contribution in [0.1, 0.15) is 0 Å². The Morgan fingerprint density at radius 1 is 0.885 bits per heavy atom. The molecule has 0 bridgehead atoms. The number of nitrogens with zero attached hydrogens (tertiary/aromatic N) is 2. The molecule has 0 spiro atoms. The molecular formula is C19H14FN3O2S. The number of fused-ring (bicyclic) bond motifs is 1. The summed E-state index contributed by atoms with van der Waals surface area (Å²) >= 11 is 0. The van der Waals surface area contributed by atoms with E-state index in [-0.39, 0.29) is 15.1 Å². The quantitative estimate of drug-likeness (QED) is 0.547. The maximum atomic E-state index is 14.8. The van der Waals surface area contributed by atoms with Gasteiger partial charge < -0.3 is 0 Å².